The lowest BCUT2D eigenvalue weighted by atomic mass is 9.85. The van der Waals surface area contributed by atoms with Crippen LogP contribution in [0.2, 0.25) is 0 Å². The predicted molar refractivity (Wildman–Crippen MR) is 64.4 cm³/mol. The first-order chi connectivity index (χ1) is 7.66. The van der Waals surface area contributed by atoms with E-state index in [-0.39, 0.29) is 11.6 Å². The molecule has 1 saturated carbocycles. The topological polar surface area (TPSA) is 35.2 Å². The summed E-state index contributed by atoms with van der Waals surface area (Å²) in [6.45, 7) is 2.21. The van der Waals surface area contributed by atoms with E-state index >= 15 is 0 Å². The predicted octanol–water partition coefficient (Wildman–Crippen LogP) is 3.03. The molecule has 2 aliphatic rings. The van der Waals surface area contributed by atoms with Crippen molar-refractivity contribution in [3.63, 3.8) is 0 Å². The van der Waals surface area contributed by atoms with Crippen LogP contribution in [0.3, 0.4) is 0 Å². The minimum Gasteiger partial charge on any atom is -0.487 e. The Labute approximate surface area is 96.8 Å². The first-order valence-electron chi connectivity index (χ1n) is 6.20. The molecule has 2 atom stereocenters. The molecule has 0 amide bonds. The van der Waals surface area contributed by atoms with E-state index in [2.05, 4.69) is 13.0 Å². The molecule has 0 radical (unpaired) electrons. The van der Waals surface area contributed by atoms with E-state index in [9.17, 15) is 0 Å². The van der Waals surface area contributed by atoms with Crippen molar-refractivity contribution in [2.45, 2.75) is 44.2 Å². The van der Waals surface area contributed by atoms with Crippen molar-refractivity contribution in [2.24, 2.45) is 11.7 Å². The highest BCUT2D eigenvalue weighted by molar-refractivity contribution is 5.38. The zero-order chi connectivity index (χ0) is 11.2. The average Bonchev–Trinajstić information content (AvgIpc) is 3.00. The van der Waals surface area contributed by atoms with E-state index in [4.69, 9.17) is 10.5 Å². The van der Waals surface area contributed by atoms with E-state index in [1.54, 1.807) is 0 Å². The van der Waals surface area contributed by atoms with Gasteiger partial charge in [0.2, 0.25) is 0 Å². The molecule has 1 aliphatic carbocycles. The van der Waals surface area contributed by atoms with Gasteiger partial charge in [0.25, 0.3) is 0 Å². The van der Waals surface area contributed by atoms with Gasteiger partial charge in [0.05, 0.1) is 0 Å². The van der Waals surface area contributed by atoms with Crippen LogP contribution in [0.5, 0.6) is 5.75 Å². The van der Waals surface area contributed by atoms with Crippen LogP contribution in [-0.4, -0.2) is 5.60 Å². The molecule has 3 rings (SSSR count). The Hall–Kier alpha value is -1.02. The van der Waals surface area contributed by atoms with E-state index < -0.39 is 0 Å². The van der Waals surface area contributed by atoms with Gasteiger partial charge in [-0.3, -0.25) is 0 Å². The Kier molecular flexibility index (Phi) is 2.21. The Morgan fingerprint density at radius 3 is 2.88 bits per heavy atom. The minimum absolute atomic E-state index is 0.0467. The van der Waals surface area contributed by atoms with Crippen molar-refractivity contribution in [1.82, 2.24) is 0 Å². The monoisotopic (exact) mass is 217 g/mol. The summed E-state index contributed by atoms with van der Waals surface area (Å²) in [5.74, 6) is 1.87. The summed E-state index contributed by atoms with van der Waals surface area (Å²) >= 11 is 0. The molecule has 1 unspecified atom stereocenters. The lowest BCUT2D eigenvalue weighted by Crippen LogP contribution is -2.40. The molecule has 0 aromatic heterocycles. The Morgan fingerprint density at radius 2 is 2.12 bits per heavy atom. The maximum Gasteiger partial charge on any atom is 0.124 e. The van der Waals surface area contributed by atoms with Crippen molar-refractivity contribution >= 4 is 0 Å². The molecule has 1 aliphatic heterocycles. The van der Waals surface area contributed by atoms with E-state index in [1.807, 2.05) is 18.2 Å². The molecule has 0 bridgehead atoms. The zero-order valence-corrected chi connectivity index (χ0v) is 9.78. The first-order valence-corrected chi connectivity index (χ1v) is 6.20. The minimum atomic E-state index is -0.0467. The normalized spacial score (nSPS) is 33.0. The third kappa shape index (κ3) is 1.82. The number of nitrogens with two attached hydrogens (primary N) is 1. The van der Waals surface area contributed by atoms with Crippen molar-refractivity contribution in [3.05, 3.63) is 29.8 Å². The highest BCUT2D eigenvalue weighted by Gasteiger charge is 2.40. The molecule has 1 heterocycles. The summed E-state index contributed by atoms with van der Waals surface area (Å²) in [6, 6.07) is 8.31. The quantitative estimate of drug-likeness (QED) is 0.826. The molecule has 16 heavy (non-hydrogen) atoms. The van der Waals surface area contributed by atoms with Gasteiger partial charge in [-0.1, -0.05) is 31.0 Å². The van der Waals surface area contributed by atoms with E-state index in [1.165, 1.54) is 12.8 Å². The average molecular weight is 217 g/mol. The first kappa shape index (κ1) is 10.2. The molecular weight excluding hydrogens is 198 g/mol. The van der Waals surface area contributed by atoms with Gasteiger partial charge < -0.3 is 10.5 Å². The number of benzene rings is 1. The van der Waals surface area contributed by atoms with Crippen molar-refractivity contribution in [2.75, 3.05) is 0 Å². The van der Waals surface area contributed by atoms with Gasteiger partial charge in [0, 0.05) is 18.0 Å². The molecule has 1 aromatic carbocycles. The van der Waals surface area contributed by atoms with Crippen molar-refractivity contribution in [1.29, 1.82) is 0 Å². The number of ether oxygens (including phenoxy) is 1. The lowest BCUT2D eigenvalue weighted by Gasteiger charge is -2.39. The number of fused-ring (bicyclic) bond motifs is 1. The third-order valence-electron chi connectivity index (χ3n) is 3.74. The van der Waals surface area contributed by atoms with Gasteiger partial charge in [0.15, 0.2) is 0 Å². The second-order valence-corrected chi connectivity index (χ2v) is 5.55. The lowest BCUT2D eigenvalue weighted by molar-refractivity contribution is 0.0402. The molecule has 86 valence electrons. The van der Waals surface area contributed by atoms with Gasteiger partial charge in [-0.15, -0.1) is 0 Å². The SMILES string of the molecule is CC1(CC2CC2)C[C@H](N)c2ccccc2O1. The molecule has 2 N–H and O–H groups in total. The van der Waals surface area contributed by atoms with Crippen LogP contribution in [0.1, 0.15) is 44.2 Å². The van der Waals surface area contributed by atoms with Crippen LogP contribution in [0.4, 0.5) is 0 Å². The zero-order valence-electron chi connectivity index (χ0n) is 9.78. The number of hydrogen-bond donors (Lipinski definition) is 1. The van der Waals surface area contributed by atoms with Crippen LogP contribution in [0, 0.1) is 5.92 Å². The summed E-state index contributed by atoms with van der Waals surface area (Å²) in [5, 5.41) is 0. The van der Waals surface area contributed by atoms with E-state index in [0.29, 0.717) is 0 Å². The van der Waals surface area contributed by atoms with Gasteiger partial charge in [-0.25, -0.2) is 0 Å². The number of para-hydroxylation sites is 1. The molecule has 2 heteroatoms. The van der Waals surface area contributed by atoms with E-state index in [0.717, 1.165) is 30.1 Å². The maximum absolute atomic E-state index is 6.24. The maximum atomic E-state index is 6.24. The highest BCUT2D eigenvalue weighted by atomic mass is 16.5. The largest absolute Gasteiger partial charge is 0.487 e. The molecule has 2 nitrogen and oxygen atoms in total. The third-order valence-corrected chi connectivity index (χ3v) is 3.74. The van der Waals surface area contributed by atoms with Gasteiger partial charge in [0.1, 0.15) is 11.4 Å². The molecule has 0 saturated heterocycles. The standard InChI is InChI=1S/C14H19NO/c1-14(8-10-6-7-10)9-12(15)11-4-2-3-5-13(11)16-14/h2-5,10,12H,6-9,15H2,1H3/t12-,14?/m0/s1. The Morgan fingerprint density at radius 1 is 1.38 bits per heavy atom. The van der Waals surface area contributed by atoms with Gasteiger partial charge in [-0.05, 0) is 25.3 Å². The fourth-order valence-corrected chi connectivity index (χ4v) is 2.82. The second-order valence-electron chi connectivity index (χ2n) is 5.55. The fourth-order valence-electron chi connectivity index (χ4n) is 2.82. The summed E-state index contributed by atoms with van der Waals surface area (Å²) in [5.41, 5.74) is 7.35. The van der Waals surface area contributed by atoms with Gasteiger partial charge >= 0.3 is 0 Å². The fraction of sp³-hybridized carbons (Fsp3) is 0.571. The van der Waals surface area contributed by atoms with Crippen LogP contribution >= 0.6 is 0 Å². The summed E-state index contributed by atoms with van der Waals surface area (Å²) in [4.78, 5) is 0. The molecule has 0 spiro atoms. The van der Waals surface area contributed by atoms with Crippen LogP contribution in [0.15, 0.2) is 24.3 Å². The highest BCUT2D eigenvalue weighted by Crippen LogP contribution is 2.45. The number of rotatable bonds is 2. The molecule has 1 fully saturated rings. The number of hydrogen-bond acceptors (Lipinski definition) is 2. The Bertz CT molecular complexity index is 399. The van der Waals surface area contributed by atoms with Crippen LogP contribution in [0.25, 0.3) is 0 Å². The van der Waals surface area contributed by atoms with Gasteiger partial charge in [-0.2, -0.15) is 0 Å². The molecule has 1 aromatic rings. The summed E-state index contributed by atoms with van der Waals surface area (Å²) < 4.78 is 6.16. The summed E-state index contributed by atoms with van der Waals surface area (Å²) in [6.07, 6.45) is 4.85. The smallest absolute Gasteiger partial charge is 0.124 e. The van der Waals surface area contributed by atoms with Crippen LogP contribution in [-0.2, 0) is 0 Å². The second kappa shape index (κ2) is 3.49. The summed E-state index contributed by atoms with van der Waals surface area (Å²) in [7, 11) is 0. The van der Waals surface area contributed by atoms with Crippen molar-refractivity contribution in [3.8, 4) is 5.75 Å². The Balaban J connectivity index is 1.87. The van der Waals surface area contributed by atoms with Crippen LogP contribution < -0.4 is 10.5 Å². The van der Waals surface area contributed by atoms with Crippen molar-refractivity contribution < 1.29 is 4.74 Å². The molecular formula is C14H19NO.